The van der Waals surface area contributed by atoms with Gasteiger partial charge in [-0.25, -0.2) is 13.4 Å². The standard InChI is InChI=1S/C16H19N3O3S3/c1-9(2)8-23-16-17-13-6-5-12(7-14(13)24-16)19-25(20,21)15-10(3)18-22-11(15)4/h5-7,9,19H,8H2,1-4H3. The maximum Gasteiger partial charge on any atom is 0.267 e. The number of thioether (sulfide) groups is 1. The van der Waals surface area contributed by atoms with Crippen LogP contribution in [0.5, 0.6) is 0 Å². The molecule has 1 N–H and O–H groups in total. The highest BCUT2D eigenvalue weighted by atomic mass is 32.2. The predicted molar refractivity (Wildman–Crippen MR) is 102 cm³/mol. The largest absolute Gasteiger partial charge is 0.360 e. The Kier molecular flexibility index (Phi) is 5.08. The van der Waals surface area contributed by atoms with E-state index in [9.17, 15) is 8.42 Å². The van der Waals surface area contributed by atoms with Crippen molar-refractivity contribution in [3.05, 3.63) is 29.7 Å². The summed E-state index contributed by atoms with van der Waals surface area (Å²) in [5.41, 5.74) is 1.71. The summed E-state index contributed by atoms with van der Waals surface area (Å²) in [5.74, 6) is 1.87. The molecule has 0 aliphatic carbocycles. The van der Waals surface area contributed by atoms with Gasteiger partial charge in [0.1, 0.15) is 5.69 Å². The number of thiazole rings is 1. The lowest BCUT2D eigenvalue weighted by atomic mass is 10.3. The van der Waals surface area contributed by atoms with Crippen LogP contribution in [0, 0.1) is 19.8 Å². The van der Waals surface area contributed by atoms with Crippen molar-refractivity contribution in [2.75, 3.05) is 10.5 Å². The van der Waals surface area contributed by atoms with Gasteiger partial charge in [-0.05, 0) is 38.0 Å². The van der Waals surface area contributed by atoms with Gasteiger partial charge < -0.3 is 4.52 Å². The molecule has 0 aliphatic rings. The van der Waals surface area contributed by atoms with Gasteiger partial charge in [0.05, 0.1) is 15.9 Å². The van der Waals surface area contributed by atoms with E-state index in [-0.39, 0.29) is 10.7 Å². The van der Waals surface area contributed by atoms with Crippen molar-refractivity contribution in [3.8, 4) is 0 Å². The summed E-state index contributed by atoms with van der Waals surface area (Å²) < 4.78 is 34.7. The number of anilines is 1. The fraction of sp³-hybridized carbons (Fsp3) is 0.375. The molecule has 134 valence electrons. The van der Waals surface area contributed by atoms with Gasteiger partial charge >= 0.3 is 0 Å². The second kappa shape index (κ2) is 6.97. The number of nitrogens with zero attached hydrogens (tertiary/aromatic N) is 2. The van der Waals surface area contributed by atoms with Gasteiger partial charge in [-0.3, -0.25) is 4.72 Å². The Labute approximate surface area is 155 Å². The second-order valence-corrected chi connectivity index (χ2v) is 10.0. The molecule has 0 radical (unpaired) electrons. The summed E-state index contributed by atoms with van der Waals surface area (Å²) >= 11 is 3.29. The smallest absolute Gasteiger partial charge is 0.267 e. The summed E-state index contributed by atoms with van der Waals surface area (Å²) in [6.45, 7) is 7.53. The SMILES string of the molecule is Cc1noc(C)c1S(=O)(=O)Nc1ccc2nc(SCC(C)C)sc2c1. The Balaban J connectivity index is 1.87. The van der Waals surface area contributed by atoms with Crippen LogP contribution in [0.25, 0.3) is 10.2 Å². The number of aromatic nitrogens is 2. The molecule has 0 aliphatic heterocycles. The molecule has 0 amide bonds. The van der Waals surface area contributed by atoms with Gasteiger partial charge in [0, 0.05) is 5.75 Å². The van der Waals surface area contributed by atoms with Crippen molar-refractivity contribution in [2.24, 2.45) is 5.92 Å². The molecule has 0 saturated carbocycles. The molecule has 0 saturated heterocycles. The first-order valence-corrected chi connectivity index (χ1v) is 11.0. The zero-order valence-electron chi connectivity index (χ0n) is 14.4. The van der Waals surface area contributed by atoms with Gasteiger partial charge in [-0.2, -0.15) is 0 Å². The lowest BCUT2D eigenvalue weighted by Crippen LogP contribution is -2.14. The molecule has 2 aromatic heterocycles. The minimum absolute atomic E-state index is 0.0880. The molecule has 0 fully saturated rings. The highest BCUT2D eigenvalue weighted by Crippen LogP contribution is 2.33. The average molecular weight is 398 g/mol. The Morgan fingerprint density at radius 1 is 1.32 bits per heavy atom. The van der Waals surface area contributed by atoms with E-state index in [0.29, 0.717) is 17.3 Å². The molecule has 3 rings (SSSR count). The number of hydrogen-bond donors (Lipinski definition) is 1. The van der Waals surface area contributed by atoms with Crippen molar-refractivity contribution >= 4 is 49.0 Å². The highest BCUT2D eigenvalue weighted by Gasteiger charge is 2.24. The van der Waals surface area contributed by atoms with Gasteiger partial charge in [0.25, 0.3) is 10.0 Å². The molecule has 2 heterocycles. The quantitative estimate of drug-likeness (QED) is 0.619. The molecular formula is C16H19N3O3S3. The van der Waals surface area contributed by atoms with Crippen LogP contribution in [0.4, 0.5) is 5.69 Å². The van der Waals surface area contributed by atoms with Crippen LogP contribution >= 0.6 is 23.1 Å². The number of fused-ring (bicyclic) bond motifs is 1. The molecule has 25 heavy (non-hydrogen) atoms. The Morgan fingerprint density at radius 2 is 2.08 bits per heavy atom. The van der Waals surface area contributed by atoms with Crippen LogP contribution in [0.1, 0.15) is 25.3 Å². The van der Waals surface area contributed by atoms with Gasteiger partial charge in [-0.15, -0.1) is 11.3 Å². The predicted octanol–water partition coefficient (Wildman–Crippen LogP) is 4.45. The zero-order valence-corrected chi connectivity index (χ0v) is 16.8. The van der Waals surface area contributed by atoms with Crippen molar-refractivity contribution < 1.29 is 12.9 Å². The van der Waals surface area contributed by atoms with E-state index in [2.05, 4.69) is 28.7 Å². The molecular weight excluding hydrogens is 378 g/mol. The third-order valence-corrected chi connectivity index (χ3v) is 7.61. The number of benzene rings is 1. The minimum atomic E-state index is -3.74. The third-order valence-electron chi connectivity index (χ3n) is 3.40. The molecule has 0 bridgehead atoms. The molecule has 0 atom stereocenters. The average Bonchev–Trinajstić information content (AvgIpc) is 3.07. The molecule has 0 spiro atoms. The Hall–Kier alpha value is -1.58. The normalized spacial score (nSPS) is 12.2. The van der Waals surface area contributed by atoms with Crippen LogP contribution in [0.2, 0.25) is 0 Å². The number of hydrogen-bond acceptors (Lipinski definition) is 7. The summed E-state index contributed by atoms with van der Waals surface area (Å²) in [7, 11) is -3.74. The van der Waals surface area contributed by atoms with Crippen LogP contribution in [0.3, 0.4) is 0 Å². The molecule has 6 nitrogen and oxygen atoms in total. The van der Waals surface area contributed by atoms with E-state index < -0.39 is 10.0 Å². The minimum Gasteiger partial charge on any atom is -0.360 e. The molecule has 1 aromatic carbocycles. The lowest BCUT2D eigenvalue weighted by Gasteiger charge is -2.07. The number of rotatable bonds is 6. The first-order valence-electron chi connectivity index (χ1n) is 7.75. The van der Waals surface area contributed by atoms with E-state index >= 15 is 0 Å². The molecule has 9 heteroatoms. The van der Waals surface area contributed by atoms with Gasteiger partial charge in [0.2, 0.25) is 0 Å². The van der Waals surface area contributed by atoms with E-state index in [4.69, 9.17) is 4.52 Å². The number of sulfonamides is 1. The fourth-order valence-corrected chi connectivity index (χ4v) is 5.80. The first kappa shape index (κ1) is 18.2. The van der Waals surface area contributed by atoms with E-state index in [1.807, 2.05) is 12.1 Å². The van der Waals surface area contributed by atoms with Gasteiger partial charge in [-0.1, -0.05) is 30.8 Å². The van der Waals surface area contributed by atoms with Crippen molar-refractivity contribution in [1.29, 1.82) is 0 Å². The second-order valence-electron chi connectivity index (χ2n) is 6.13. The van der Waals surface area contributed by atoms with Crippen molar-refractivity contribution in [3.63, 3.8) is 0 Å². The van der Waals surface area contributed by atoms with E-state index in [1.165, 1.54) is 0 Å². The number of aryl methyl sites for hydroxylation is 2. The Morgan fingerprint density at radius 3 is 2.72 bits per heavy atom. The topological polar surface area (TPSA) is 85.1 Å². The van der Waals surface area contributed by atoms with Gasteiger partial charge in [0.15, 0.2) is 15.0 Å². The summed E-state index contributed by atoms with van der Waals surface area (Å²) in [4.78, 5) is 4.67. The van der Waals surface area contributed by atoms with Crippen LogP contribution in [0.15, 0.2) is 32.0 Å². The fourth-order valence-electron chi connectivity index (χ4n) is 2.33. The molecule has 0 unspecified atom stereocenters. The van der Waals surface area contributed by atoms with Crippen molar-refractivity contribution in [2.45, 2.75) is 36.9 Å². The summed E-state index contributed by atoms with van der Waals surface area (Å²) in [6, 6.07) is 5.35. The molecule has 3 aromatic rings. The summed E-state index contributed by atoms with van der Waals surface area (Å²) in [6.07, 6.45) is 0. The number of nitrogens with one attached hydrogen (secondary N) is 1. The first-order chi connectivity index (χ1) is 11.8. The highest BCUT2D eigenvalue weighted by molar-refractivity contribution is 8.01. The maximum atomic E-state index is 12.6. The van der Waals surface area contributed by atoms with E-state index in [1.54, 1.807) is 43.0 Å². The third kappa shape index (κ3) is 3.99. The monoisotopic (exact) mass is 397 g/mol. The Bertz CT molecular complexity index is 987. The summed E-state index contributed by atoms with van der Waals surface area (Å²) in [5, 5.41) is 3.71. The van der Waals surface area contributed by atoms with E-state index in [0.717, 1.165) is 20.3 Å². The zero-order chi connectivity index (χ0) is 18.2. The van der Waals surface area contributed by atoms with Crippen LogP contribution in [-0.4, -0.2) is 24.3 Å². The maximum absolute atomic E-state index is 12.6. The lowest BCUT2D eigenvalue weighted by molar-refractivity contribution is 0.390. The van der Waals surface area contributed by atoms with Crippen LogP contribution < -0.4 is 4.72 Å². The van der Waals surface area contributed by atoms with Crippen molar-refractivity contribution in [1.82, 2.24) is 10.1 Å². The van der Waals surface area contributed by atoms with Crippen LogP contribution in [-0.2, 0) is 10.0 Å².